The topological polar surface area (TPSA) is 68.8 Å². The lowest BCUT2D eigenvalue weighted by Gasteiger charge is -2.25. The van der Waals surface area contributed by atoms with Crippen LogP contribution in [0, 0.1) is 6.92 Å². The van der Waals surface area contributed by atoms with Crippen molar-refractivity contribution in [3.63, 3.8) is 0 Å². The maximum Gasteiger partial charge on any atom is 0.416 e. The van der Waals surface area contributed by atoms with Crippen molar-refractivity contribution in [1.82, 2.24) is 19.9 Å². The maximum atomic E-state index is 13.0. The summed E-state index contributed by atoms with van der Waals surface area (Å²) in [5, 5.41) is 16.6. The van der Waals surface area contributed by atoms with Gasteiger partial charge in [-0.25, -0.2) is 0 Å². The summed E-state index contributed by atoms with van der Waals surface area (Å²) in [5.74, 6) is 2.10. The second-order valence-electron chi connectivity index (χ2n) is 7.71. The number of rotatable bonds is 7. The van der Waals surface area contributed by atoms with Gasteiger partial charge in [0.25, 0.3) is 0 Å². The summed E-state index contributed by atoms with van der Waals surface area (Å²) in [6.07, 6.45) is 1.24. The van der Waals surface area contributed by atoms with Gasteiger partial charge in [0, 0.05) is 23.5 Å². The Hall–Kier alpha value is -2.49. The van der Waals surface area contributed by atoms with Crippen LogP contribution in [0.15, 0.2) is 40.0 Å². The minimum absolute atomic E-state index is 0.295. The Balaban J connectivity index is 1.52. The first kappa shape index (κ1) is 21.7. The van der Waals surface area contributed by atoms with E-state index in [2.05, 4.69) is 25.2 Å². The second kappa shape index (κ2) is 9.33. The van der Waals surface area contributed by atoms with E-state index in [-0.39, 0.29) is 0 Å². The number of hydrogen-bond acceptors (Lipinski definition) is 6. The van der Waals surface area contributed by atoms with Gasteiger partial charge in [0.2, 0.25) is 0 Å². The Morgan fingerprint density at radius 3 is 2.68 bits per heavy atom. The normalized spacial score (nSPS) is 15.4. The molecule has 4 rings (SSSR count). The number of aromatic nitrogens is 4. The zero-order valence-corrected chi connectivity index (χ0v) is 18.0. The van der Waals surface area contributed by atoms with Gasteiger partial charge in [0.15, 0.2) is 11.0 Å². The van der Waals surface area contributed by atoms with Crippen LogP contribution in [0.4, 0.5) is 18.9 Å². The molecule has 0 unspecified atom stereocenters. The van der Waals surface area contributed by atoms with E-state index in [1.54, 1.807) is 17.8 Å². The van der Waals surface area contributed by atoms with Crippen LogP contribution in [-0.2, 0) is 18.5 Å². The molecule has 1 N–H and O–H groups in total. The molecule has 0 amide bonds. The van der Waals surface area contributed by atoms with E-state index >= 15 is 0 Å². The van der Waals surface area contributed by atoms with Crippen LogP contribution < -0.4 is 5.32 Å². The van der Waals surface area contributed by atoms with Crippen molar-refractivity contribution < 1.29 is 17.7 Å². The summed E-state index contributed by atoms with van der Waals surface area (Å²) < 4.78 is 46.3. The average Bonchev–Trinajstić information content (AvgIpc) is 3.36. The molecule has 6 nitrogen and oxygen atoms in total. The predicted molar refractivity (Wildman–Crippen MR) is 112 cm³/mol. The summed E-state index contributed by atoms with van der Waals surface area (Å²) in [6.45, 7) is 2.15. The van der Waals surface area contributed by atoms with E-state index < -0.39 is 11.7 Å². The molecule has 0 radical (unpaired) electrons. The summed E-state index contributed by atoms with van der Waals surface area (Å²) >= 11 is 1.55. The van der Waals surface area contributed by atoms with Gasteiger partial charge in [-0.15, -0.1) is 10.2 Å². The molecule has 166 valence electrons. The van der Waals surface area contributed by atoms with Crippen molar-refractivity contribution in [2.24, 2.45) is 0 Å². The van der Waals surface area contributed by atoms with Crippen molar-refractivity contribution in [1.29, 1.82) is 0 Å². The monoisotopic (exact) mass is 451 g/mol. The van der Waals surface area contributed by atoms with Gasteiger partial charge in [-0.05, 0) is 38.0 Å². The number of nitrogens with one attached hydrogen (secondary N) is 1. The molecule has 1 aliphatic carbocycles. The van der Waals surface area contributed by atoms with Crippen molar-refractivity contribution >= 4 is 17.4 Å². The number of halogens is 3. The van der Waals surface area contributed by atoms with Gasteiger partial charge in [-0.3, -0.25) is 0 Å². The van der Waals surface area contributed by atoms with Gasteiger partial charge in [-0.1, -0.05) is 42.2 Å². The summed E-state index contributed by atoms with van der Waals surface area (Å²) in [4.78, 5) is 0. The van der Waals surface area contributed by atoms with E-state index in [1.165, 1.54) is 12.5 Å². The highest BCUT2D eigenvalue weighted by Gasteiger charge is 2.30. The standard InChI is InChI=1S/C21H24F3N5OS/c1-14-10-17(28-30-14)13-31-20-27-26-19(29(20)18-8-3-2-4-9-18)12-25-16-7-5-6-15(11-16)21(22,23)24/h5-7,10-11,18,25H,2-4,8-9,12-13H2,1H3. The molecule has 31 heavy (non-hydrogen) atoms. The molecule has 0 atom stereocenters. The lowest BCUT2D eigenvalue weighted by atomic mass is 9.95. The molecule has 2 heterocycles. The third kappa shape index (κ3) is 5.41. The molecule has 0 saturated heterocycles. The lowest BCUT2D eigenvalue weighted by Crippen LogP contribution is -2.18. The quantitative estimate of drug-likeness (QED) is 0.444. The molecular weight excluding hydrogens is 427 g/mol. The van der Waals surface area contributed by atoms with E-state index in [0.29, 0.717) is 24.0 Å². The van der Waals surface area contributed by atoms with Gasteiger partial charge in [-0.2, -0.15) is 13.2 Å². The van der Waals surface area contributed by atoms with Crippen LogP contribution in [0.5, 0.6) is 0 Å². The molecule has 1 aromatic carbocycles. The van der Waals surface area contributed by atoms with E-state index in [4.69, 9.17) is 4.52 Å². The molecule has 1 fully saturated rings. The molecule has 1 saturated carbocycles. The Kier molecular flexibility index (Phi) is 6.54. The number of nitrogens with zero attached hydrogens (tertiary/aromatic N) is 4. The third-order valence-corrected chi connectivity index (χ3v) is 6.32. The van der Waals surface area contributed by atoms with Crippen LogP contribution in [0.3, 0.4) is 0 Å². The van der Waals surface area contributed by atoms with Crippen molar-refractivity contribution in [2.75, 3.05) is 5.32 Å². The zero-order valence-electron chi connectivity index (χ0n) is 17.2. The van der Waals surface area contributed by atoms with E-state index in [9.17, 15) is 13.2 Å². The molecule has 2 aromatic heterocycles. The minimum atomic E-state index is -4.37. The number of anilines is 1. The molecule has 0 bridgehead atoms. The summed E-state index contributed by atoms with van der Waals surface area (Å²) in [5.41, 5.74) is 0.565. The summed E-state index contributed by atoms with van der Waals surface area (Å²) in [7, 11) is 0. The van der Waals surface area contributed by atoms with Gasteiger partial charge in [0.05, 0.1) is 17.8 Å². The third-order valence-electron chi connectivity index (χ3n) is 5.34. The molecule has 1 aliphatic rings. The number of benzene rings is 1. The molecule has 10 heteroatoms. The molecular formula is C21H24F3N5OS. The van der Waals surface area contributed by atoms with Gasteiger partial charge in [0.1, 0.15) is 5.76 Å². The zero-order chi connectivity index (χ0) is 21.8. The van der Waals surface area contributed by atoms with E-state index in [1.807, 2.05) is 13.0 Å². The largest absolute Gasteiger partial charge is 0.416 e. The van der Waals surface area contributed by atoms with Crippen molar-refractivity contribution in [3.8, 4) is 0 Å². The first-order valence-corrected chi connectivity index (χ1v) is 11.3. The minimum Gasteiger partial charge on any atom is -0.378 e. The predicted octanol–water partition coefficient (Wildman–Crippen LogP) is 6.00. The highest BCUT2D eigenvalue weighted by Crippen LogP contribution is 2.34. The first-order chi connectivity index (χ1) is 14.9. The van der Waals surface area contributed by atoms with Crippen LogP contribution in [0.2, 0.25) is 0 Å². The molecule has 0 spiro atoms. The molecule has 3 aromatic rings. The second-order valence-corrected chi connectivity index (χ2v) is 8.65. The Labute approximate surface area is 182 Å². The number of thioether (sulfide) groups is 1. The smallest absolute Gasteiger partial charge is 0.378 e. The van der Waals surface area contributed by atoms with Crippen molar-refractivity contribution in [2.45, 2.75) is 68.7 Å². The molecule has 0 aliphatic heterocycles. The lowest BCUT2D eigenvalue weighted by molar-refractivity contribution is -0.137. The number of alkyl halides is 3. The maximum absolute atomic E-state index is 13.0. The Morgan fingerprint density at radius 2 is 1.97 bits per heavy atom. The fourth-order valence-electron chi connectivity index (χ4n) is 3.84. The first-order valence-electron chi connectivity index (χ1n) is 10.3. The highest BCUT2D eigenvalue weighted by molar-refractivity contribution is 7.98. The Morgan fingerprint density at radius 1 is 1.16 bits per heavy atom. The fraction of sp³-hybridized carbons (Fsp3) is 0.476. The highest BCUT2D eigenvalue weighted by atomic mass is 32.2. The van der Waals surface area contributed by atoms with Crippen molar-refractivity contribution in [3.05, 3.63) is 53.2 Å². The fourth-order valence-corrected chi connectivity index (χ4v) is 4.75. The number of aryl methyl sites for hydroxylation is 1. The van der Waals surface area contributed by atoms with E-state index in [0.717, 1.165) is 60.3 Å². The van der Waals surface area contributed by atoms with Gasteiger partial charge >= 0.3 is 6.18 Å². The SMILES string of the molecule is Cc1cc(CSc2nnc(CNc3cccc(C(F)(F)F)c3)n2C2CCCCC2)no1. The van der Waals surface area contributed by atoms with Crippen LogP contribution in [-0.4, -0.2) is 19.9 Å². The van der Waals surface area contributed by atoms with Gasteiger partial charge < -0.3 is 14.4 Å². The van der Waals surface area contributed by atoms with Crippen LogP contribution >= 0.6 is 11.8 Å². The van der Waals surface area contributed by atoms with Crippen LogP contribution in [0.25, 0.3) is 0 Å². The van der Waals surface area contributed by atoms with Crippen LogP contribution in [0.1, 0.15) is 61.0 Å². The summed E-state index contributed by atoms with van der Waals surface area (Å²) in [6, 6.07) is 7.39. The Bertz CT molecular complexity index is 1010. The average molecular weight is 452 g/mol. The number of hydrogen-bond donors (Lipinski definition) is 1.